The van der Waals surface area contributed by atoms with Crippen molar-refractivity contribution in [3.05, 3.63) is 36.7 Å². The fourth-order valence-corrected chi connectivity index (χ4v) is 9.67. The Labute approximate surface area is 241 Å². The Bertz CT molecular complexity index is 1550. The van der Waals surface area contributed by atoms with E-state index in [1.807, 2.05) is 24.3 Å². The van der Waals surface area contributed by atoms with Crippen LogP contribution in [0.5, 0.6) is 0 Å². The molecule has 0 aromatic carbocycles. The van der Waals surface area contributed by atoms with Crippen LogP contribution in [0, 0.1) is 0 Å². The minimum atomic E-state index is -10.7. The molecule has 0 bridgehead atoms. The van der Waals surface area contributed by atoms with Crippen LogP contribution < -0.4 is 9.46 Å². The average Bonchev–Trinajstić information content (AvgIpc) is 3.77. The van der Waals surface area contributed by atoms with Gasteiger partial charge in [0.25, 0.3) is 0 Å². The van der Waals surface area contributed by atoms with E-state index in [2.05, 4.69) is 44.6 Å². The smallest absolute Gasteiger partial charge is 0.371 e. The fourth-order valence-electron chi connectivity index (χ4n) is 5.54. The molecule has 1 unspecified atom stereocenters. The van der Waals surface area contributed by atoms with Gasteiger partial charge < -0.3 is 4.84 Å². The summed E-state index contributed by atoms with van der Waals surface area (Å²) in [6.07, 6.45) is 9.68. The van der Waals surface area contributed by atoms with Gasteiger partial charge in [-0.25, -0.2) is 9.97 Å². The molecule has 0 amide bonds. The molecule has 1 atom stereocenters. The van der Waals surface area contributed by atoms with E-state index in [0.717, 1.165) is 71.2 Å². The maximum absolute atomic E-state index is 10.7. The Morgan fingerprint density at radius 3 is 1.72 bits per heavy atom. The van der Waals surface area contributed by atoms with Crippen LogP contribution in [0.2, 0.25) is 0 Å². The first-order valence-corrected chi connectivity index (χ1v) is 17.3. The first-order valence-electron chi connectivity index (χ1n) is 13.7. The van der Waals surface area contributed by atoms with Gasteiger partial charge >= 0.3 is 40.9 Å². The average molecular weight is 655 g/mol. The quantitative estimate of drug-likeness (QED) is 0.193. The van der Waals surface area contributed by atoms with Gasteiger partial charge in [0.2, 0.25) is 17.5 Å². The van der Waals surface area contributed by atoms with Gasteiger partial charge in [-0.3, -0.25) is 0 Å². The van der Waals surface area contributed by atoms with Crippen LogP contribution in [0.4, 0.5) is 25.2 Å². The van der Waals surface area contributed by atoms with E-state index in [1.54, 1.807) is 17.2 Å². The second kappa shape index (κ2) is 10.6. The molecule has 236 valence electrons. The number of fused-ring (bicyclic) bond motifs is 2. The zero-order valence-corrected chi connectivity index (χ0v) is 24.5. The Morgan fingerprint density at radius 1 is 0.698 bits per heavy atom. The van der Waals surface area contributed by atoms with Crippen LogP contribution in [-0.2, 0) is 0 Å². The zero-order valence-electron chi connectivity index (χ0n) is 22.7. The summed E-state index contributed by atoms with van der Waals surface area (Å²) in [5.41, 5.74) is 2.66. The fraction of sp³-hybridized carbons (Fsp3) is 0.545. The Hall–Kier alpha value is -2.98. The predicted octanol–water partition coefficient (Wildman–Crippen LogP) is 5.20. The molecule has 3 aliphatic heterocycles. The standard InChI is InChI=1S/C22H29N11O2P.F6P/c1-2-14-29(13-1)36(30-15-3-4-16-30,35-33-22-19(26-28-33)9-6-12-24-22)31-17-7-10-20(31)34-32-21-18(25-27-32)8-5-11-23-21;1-7(2,3,4,5)6/h5-6,8-9,11-12,20H,1-4,7,10,13-17H2;/q+1;-1. The van der Waals surface area contributed by atoms with E-state index >= 15 is 0 Å². The molecule has 7 heterocycles. The number of hydrogen-bond donors (Lipinski definition) is 0. The Kier molecular flexibility index (Phi) is 7.40. The first-order chi connectivity index (χ1) is 20.3. The van der Waals surface area contributed by atoms with Crippen molar-refractivity contribution in [2.45, 2.75) is 44.8 Å². The van der Waals surface area contributed by atoms with Crippen molar-refractivity contribution in [3.8, 4) is 0 Å². The molecule has 0 aliphatic carbocycles. The summed E-state index contributed by atoms with van der Waals surface area (Å²) in [5.74, 6) is 0. The van der Waals surface area contributed by atoms with Crippen LogP contribution in [0.1, 0.15) is 38.5 Å². The largest absolute Gasteiger partial charge is 0.455 e. The van der Waals surface area contributed by atoms with Crippen molar-refractivity contribution in [2.75, 3.05) is 32.7 Å². The van der Waals surface area contributed by atoms with Crippen molar-refractivity contribution in [3.63, 3.8) is 0 Å². The van der Waals surface area contributed by atoms with Crippen molar-refractivity contribution >= 4 is 38.1 Å². The SMILES string of the molecule is F[P-](F)(F)(F)(F)F.c1cnc2c(c1)nnn2OC1CCCN1[P+](On1nnc2cccnc21)(N1CCCC1)N1CCCC1. The third kappa shape index (κ3) is 6.90. The molecule has 3 aliphatic rings. The second-order valence-electron chi connectivity index (χ2n) is 10.4. The normalized spacial score (nSPS) is 22.4. The minimum absolute atomic E-state index is 0.241. The van der Waals surface area contributed by atoms with Crippen LogP contribution >= 0.6 is 15.8 Å². The van der Waals surface area contributed by atoms with Crippen LogP contribution in [-0.4, -0.2) is 93.2 Å². The third-order valence-electron chi connectivity index (χ3n) is 7.18. The van der Waals surface area contributed by atoms with Crippen LogP contribution in [0.3, 0.4) is 0 Å². The molecule has 0 radical (unpaired) electrons. The zero-order chi connectivity index (χ0) is 30.4. The molecule has 7 rings (SSSR count). The van der Waals surface area contributed by atoms with Gasteiger partial charge in [0, 0.05) is 51.5 Å². The van der Waals surface area contributed by atoms with Gasteiger partial charge in [-0.15, -0.1) is 19.5 Å². The number of pyridine rings is 2. The maximum Gasteiger partial charge on any atom is 0.455 e. The second-order valence-corrected chi connectivity index (χ2v) is 15.1. The molecular weight excluding hydrogens is 626 g/mol. The summed E-state index contributed by atoms with van der Waals surface area (Å²) in [7, 11) is -13.2. The summed E-state index contributed by atoms with van der Waals surface area (Å²) >= 11 is 0. The summed E-state index contributed by atoms with van der Waals surface area (Å²) in [6, 6.07) is 7.52. The summed E-state index contributed by atoms with van der Waals surface area (Å²) in [4.78, 5) is 18.5. The van der Waals surface area contributed by atoms with Gasteiger partial charge in [-0.2, -0.15) is 4.62 Å². The van der Waals surface area contributed by atoms with E-state index in [4.69, 9.17) is 9.46 Å². The molecule has 0 saturated carbocycles. The molecule has 3 saturated heterocycles. The Morgan fingerprint density at radius 2 is 1.19 bits per heavy atom. The number of halogens is 6. The van der Waals surface area contributed by atoms with Crippen molar-refractivity contribution < 1.29 is 34.6 Å². The van der Waals surface area contributed by atoms with Gasteiger partial charge in [-0.1, -0.05) is 9.52 Å². The maximum atomic E-state index is 9.87. The molecular formula is C22H29F6N11O2P2. The molecule has 21 heteroatoms. The summed E-state index contributed by atoms with van der Waals surface area (Å²) in [6.45, 7) is 4.75. The molecule has 3 fully saturated rings. The molecule has 4 aromatic heterocycles. The molecule has 0 spiro atoms. The summed E-state index contributed by atoms with van der Waals surface area (Å²) in [5, 5.41) is 17.2. The minimum Gasteiger partial charge on any atom is -0.371 e. The monoisotopic (exact) mass is 655 g/mol. The van der Waals surface area contributed by atoms with Crippen molar-refractivity contribution in [1.29, 1.82) is 0 Å². The van der Waals surface area contributed by atoms with Gasteiger partial charge in [0.1, 0.15) is 11.0 Å². The third-order valence-corrected chi connectivity index (χ3v) is 11.0. The molecule has 4 aromatic rings. The van der Waals surface area contributed by atoms with Crippen LogP contribution in [0.15, 0.2) is 36.7 Å². The van der Waals surface area contributed by atoms with E-state index in [9.17, 15) is 25.2 Å². The number of hydrogen-bond acceptors (Lipinski definition) is 11. The molecule has 13 nitrogen and oxygen atoms in total. The van der Waals surface area contributed by atoms with E-state index in [0.29, 0.717) is 22.3 Å². The molecule has 43 heavy (non-hydrogen) atoms. The number of rotatable bonds is 7. The molecule has 0 N–H and O–H groups in total. The van der Waals surface area contributed by atoms with Gasteiger partial charge in [0.15, 0.2) is 0 Å². The van der Waals surface area contributed by atoms with Crippen LogP contribution in [0.25, 0.3) is 22.3 Å². The number of nitrogens with zero attached hydrogens (tertiary/aromatic N) is 11. The van der Waals surface area contributed by atoms with Crippen molar-refractivity contribution in [2.24, 2.45) is 0 Å². The van der Waals surface area contributed by atoms with E-state index in [1.165, 1.54) is 4.85 Å². The number of aromatic nitrogens is 8. The predicted molar refractivity (Wildman–Crippen MR) is 146 cm³/mol. The summed E-state index contributed by atoms with van der Waals surface area (Å²) < 4.78 is 73.8. The van der Waals surface area contributed by atoms with Gasteiger partial charge in [-0.05, 0) is 71.6 Å². The first kappa shape index (κ1) is 30.1. The van der Waals surface area contributed by atoms with E-state index < -0.39 is 15.8 Å². The van der Waals surface area contributed by atoms with E-state index in [-0.39, 0.29) is 6.23 Å². The van der Waals surface area contributed by atoms with Crippen molar-refractivity contribution in [1.82, 2.24) is 54.3 Å². The van der Waals surface area contributed by atoms with Gasteiger partial charge in [0.05, 0.1) is 0 Å². The topological polar surface area (TPSA) is 115 Å². The Balaban J connectivity index is 0.000000423.